The summed E-state index contributed by atoms with van der Waals surface area (Å²) < 4.78 is 15.7. The third-order valence-electron chi connectivity index (χ3n) is 3.80. The van der Waals surface area contributed by atoms with Gasteiger partial charge in [-0.1, -0.05) is 0 Å². The fourth-order valence-corrected chi connectivity index (χ4v) is 2.19. The summed E-state index contributed by atoms with van der Waals surface area (Å²) in [5.74, 6) is -0.626. The summed E-state index contributed by atoms with van der Waals surface area (Å²) in [7, 11) is 1.55. The molecule has 8 nitrogen and oxygen atoms in total. The van der Waals surface area contributed by atoms with Gasteiger partial charge in [-0.05, 0) is 62.4 Å². The number of amides is 2. The first-order chi connectivity index (χ1) is 13.3. The molecule has 2 aromatic rings. The standard InChI is InChI=1S/C20H22N2O6/c1-12(19(24)22-15-6-4-14(5-7-15)18(21)23)28-20(25)13(2)27-17-10-8-16(26-3)9-11-17/h4-13H,1-3H3,(H2,21,23)(H,22,24)/t12-,13+/m0/s1. The molecular weight excluding hydrogens is 364 g/mol. The van der Waals surface area contributed by atoms with E-state index in [0.29, 0.717) is 22.7 Å². The molecule has 0 fully saturated rings. The first-order valence-electron chi connectivity index (χ1n) is 8.52. The molecule has 0 bridgehead atoms. The van der Waals surface area contributed by atoms with Gasteiger partial charge in [-0.25, -0.2) is 4.79 Å². The quantitative estimate of drug-likeness (QED) is 0.671. The second-order valence-corrected chi connectivity index (χ2v) is 5.95. The summed E-state index contributed by atoms with van der Waals surface area (Å²) in [6, 6.07) is 12.8. The molecular formula is C20H22N2O6. The molecule has 0 aliphatic heterocycles. The maximum Gasteiger partial charge on any atom is 0.347 e. The predicted molar refractivity (Wildman–Crippen MR) is 102 cm³/mol. The van der Waals surface area contributed by atoms with Crippen LogP contribution in [0.25, 0.3) is 0 Å². The third kappa shape index (κ3) is 5.73. The summed E-state index contributed by atoms with van der Waals surface area (Å²) in [6.07, 6.45) is -1.94. The second kappa shape index (κ2) is 9.40. The van der Waals surface area contributed by atoms with Crippen molar-refractivity contribution >= 4 is 23.5 Å². The Balaban J connectivity index is 1.87. The summed E-state index contributed by atoms with van der Waals surface area (Å²) in [6.45, 7) is 2.98. The van der Waals surface area contributed by atoms with Gasteiger partial charge in [0.2, 0.25) is 5.91 Å². The number of hydrogen-bond donors (Lipinski definition) is 2. The van der Waals surface area contributed by atoms with Crippen LogP contribution in [-0.2, 0) is 14.3 Å². The van der Waals surface area contributed by atoms with Crippen molar-refractivity contribution in [2.75, 3.05) is 12.4 Å². The van der Waals surface area contributed by atoms with Crippen molar-refractivity contribution in [3.05, 3.63) is 54.1 Å². The molecule has 0 spiro atoms. The van der Waals surface area contributed by atoms with Gasteiger partial charge in [0, 0.05) is 11.3 Å². The van der Waals surface area contributed by atoms with Crippen LogP contribution in [0.4, 0.5) is 5.69 Å². The van der Waals surface area contributed by atoms with Crippen LogP contribution in [0.15, 0.2) is 48.5 Å². The topological polar surface area (TPSA) is 117 Å². The van der Waals surface area contributed by atoms with Crippen LogP contribution < -0.4 is 20.5 Å². The molecule has 2 amide bonds. The van der Waals surface area contributed by atoms with Gasteiger partial charge in [-0.15, -0.1) is 0 Å². The van der Waals surface area contributed by atoms with Crippen molar-refractivity contribution < 1.29 is 28.6 Å². The van der Waals surface area contributed by atoms with Crippen LogP contribution in [0.3, 0.4) is 0 Å². The molecule has 0 aromatic heterocycles. The minimum Gasteiger partial charge on any atom is -0.497 e. The van der Waals surface area contributed by atoms with Crippen LogP contribution in [0.2, 0.25) is 0 Å². The number of carbonyl (C=O) groups excluding carboxylic acids is 3. The number of esters is 1. The van der Waals surface area contributed by atoms with E-state index in [1.54, 1.807) is 31.4 Å². The zero-order chi connectivity index (χ0) is 20.7. The van der Waals surface area contributed by atoms with Gasteiger partial charge < -0.3 is 25.3 Å². The summed E-state index contributed by atoms with van der Waals surface area (Å²) in [5, 5.41) is 2.59. The number of methoxy groups -OCH3 is 1. The Morgan fingerprint density at radius 2 is 1.46 bits per heavy atom. The molecule has 0 radical (unpaired) electrons. The normalized spacial score (nSPS) is 12.4. The van der Waals surface area contributed by atoms with Crippen LogP contribution >= 0.6 is 0 Å². The number of rotatable bonds is 8. The molecule has 2 rings (SSSR count). The highest BCUT2D eigenvalue weighted by Gasteiger charge is 2.23. The molecule has 0 saturated carbocycles. The Labute approximate surface area is 162 Å². The van der Waals surface area contributed by atoms with Crippen LogP contribution in [-0.4, -0.2) is 37.1 Å². The zero-order valence-electron chi connectivity index (χ0n) is 15.8. The van der Waals surface area contributed by atoms with E-state index in [1.807, 2.05) is 0 Å². The second-order valence-electron chi connectivity index (χ2n) is 5.95. The molecule has 0 saturated heterocycles. The Hall–Kier alpha value is -3.55. The molecule has 2 aromatic carbocycles. The lowest BCUT2D eigenvalue weighted by Crippen LogP contribution is -2.35. The molecule has 2 atom stereocenters. The lowest BCUT2D eigenvalue weighted by atomic mass is 10.2. The number of primary amides is 1. The summed E-state index contributed by atoms with van der Waals surface area (Å²) >= 11 is 0. The van der Waals surface area contributed by atoms with Gasteiger partial charge in [-0.3, -0.25) is 9.59 Å². The Morgan fingerprint density at radius 3 is 2.00 bits per heavy atom. The van der Waals surface area contributed by atoms with Gasteiger partial charge in [0.1, 0.15) is 11.5 Å². The molecule has 28 heavy (non-hydrogen) atoms. The van der Waals surface area contributed by atoms with E-state index in [1.165, 1.54) is 38.1 Å². The molecule has 0 heterocycles. The lowest BCUT2D eigenvalue weighted by Gasteiger charge is -2.18. The van der Waals surface area contributed by atoms with Gasteiger partial charge in [-0.2, -0.15) is 0 Å². The van der Waals surface area contributed by atoms with E-state index in [9.17, 15) is 14.4 Å². The number of nitrogens with one attached hydrogen (secondary N) is 1. The van der Waals surface area contributed by atoms with Crippen LogP contribution in [0, 0.1) is 0 Å². The van der Waals surface area contributed by atoms with Crippen molar-refractivity contribution in [1.29, 1.82) is 0 Å². The van der Waals surface area contributed by atoms with Crippen LogP contribution in [0.5, 0.6) is 11.5 Å². The van der Waals surface area contributed by atoms with Crippen molar-refractivity contribution in [3.63, 3.8) is 0 Å². The molecule has 0 unspecified atom stereocenters. The minimum atomic E-state index is -1.04. The van der Waals surface area contributed by atoms with Gasteiger partial charge >= 0.3 is 5.97 Å². The first kappa shape index (κ1) is 20.8. The Bertz CT molecular complexity index is 833. The fraction of sp³-hybridized carbons (Fsp3) is 0.250. The molecule has 0 aliphatic carbocycles. The number of nitrogens with two attached hydrogens (primary N) is 1. The van der Waals surface area contributed by atoms with Gasteiger partial charge in [0.05, 0.1) is 7.11 Å². The van der Waals surface area contributed by atoms with E-state index in [2.05, 4.69) is 5.32 Å². The summed E-state index contributed by atoms with van der Waals surface area (Å²) in [4.78, 5) is 35.4. The largest absolute Gasteiger partial charge is 0.497 e. The van der Waals surface area contributed by atoms with Crippen molar-refractivity contribution in [3.8, 4) is 11.5 Å². The van der Waals surface area contributed by atoms with E-state index in [4.69, 9.17) is 19.9 Å². The minimum absolute atomic E-state index is 0.321. The van der Waals surface area contributed by atoms with Crippen molar-refractivity contribution in [2.24, 2.45) is 5.73 Å². The van der Waals surface area contributed by atoms with Gasteiger partial charge in [0.15, 0.2) is 12.2 Å². The summed E-state index contributed by atoms with van der Waals surface area (Å²) in [5.41, 5.74) is 5.93. The number of hydrogen-bond acceptors (Lipinski definition) is 6. The highest BCUT2D eigenvalue weighted by molar-refractivity contribution is 5.96. The first-order valence-corrected chi connectivity index (χ1v) is 8.52. The molecule has 0 aliphatic rings. The van der Waals surface area contributed by atoms with Crippen molar-refractivity contribution in [1.82, 2.24) is 0 Å². The maximum absolute atomic E-state index is 12.2. The number of anilines is 1. The van der Waals surface area contributed by atoms with Crippen molar-refractivity contribution in [2.45, 2.75) is 26.1 Å². The lowest BCUT2D eigenvalue weighted by molar-refractivity contribution is -0.159. The smallest absolute Gasteiger partial charge is 0.347 e. The SMILES string of the molecule is COc1ccc(O[C@H](C)C(=O)O[C@@H](C)C(=O)Nc2ccc(C(N)=O)cc2)cc1. The maximum atomic E-state index is 12.2. The fourth-order valence-electron chi connectivity index (χ4n) is 2.19. The average Bonchev–Trinajstić information content (AvgIpc) is 2.68. The Morgan fingerprint density at radius 1 is 0.893 bits per heavy atom. The molecule has 8 heteroatoms. The third-order valence-corrected chi connectivity index (χ3v) is 3.80. The predicted octanol–water partition coefficient (Wildman–Crippen LogP) is 2.13. The highest BCUT2D eigenvalue weighted by atomic mass is 16.6. The zero-order valence-corrected chi connectivity index (χ0v) is 15.8. The number of ether oxygens (including phenoxy) is 3. The molecule has 3 N–H and O–H groups in total. The van der Waals surface area contributed by atoms with E-state index >= 15 is 0 Å². The number of benzene rings is 2. The Kier molecular flexibility index (Phi) is 6.97. The van der Waals surface area contributed by atoms with Crippen LogP contribution in [0.1, 0.15) is 24.2 Å². The average molecular weight is 386 g/mol. The highest BCUT2D eigenvalue weighted by Crippen LogP contribution is 2.18. The number of carbonyl (C=O) groups is 3. The van der Waals surface area contributed by atoms with E-state index in [0.717, 1.165) is 0 Å². The van der Waals surface area contributed by atoms with E-state index in [-0.39, 0.29) is 0 Å². The van der Waals surface area contributed by atoms with E-state index < -0.39 is 30.0 Å². The van der Waals surface area contributed by atoms with Gasteiger partial charge in [0.25, 0.3) is 5.91 Å². The monoisotopic (exact) mass is 386 g/mol. The molecule has 148 valence electrons.